The largest absolute Gasteiger partial charge is 0.389 e. The Labute approximate surface area is 121 Å². The van der Waals surface area contributed by atoms with E-state index in [2.05, 4.69) is 12.2 Å². The minimum absolute atomic E-state index is 0.183. The first-order chi connectivity index (χ1) is 9.57. The second-order valence-electron chi connectivity index (χ2n) is 6.25. The molecule has 0 spiro atoms. The maximum Gasteiger partial charge on any atom is 0.123 e. The van der Waals surface area contributed by atoms with Gasteiger partial charge in [-0.15, -0.1) is 0 Å². The van der Waals surface area contributed by atoms with Crippen LogP contribution in [0.3, 0.4) is 0 Å². The summed E-state index contributed by atoms with van der Waals surface area (Å²) in [6.45, 7) is 2.73. The van der Waals surface area contributed by atoms with Crippen molar-refractivity contribution in [2.45, 2.75) is 63.5 Å². The van der Waals surface area contributed by atoms with Gasteiger partial charge in [-0.3, -0.25) is 0 Å². The van der Waals surface area contributed by atoms with Crippen LogP contribution in [0.1, 0.15) is 51.0 Å². The quantitative estimate of drug-likeness (QED) is 0.809. The van der Waals surface area contributed by atoms with E-state index in [1.165, 1.54) is 18.9 Å². The van der Waals surface area contributed by atoms with Crippen LogP contribution in [0.5, 0.6) is 0 Å². The zero-order valence-electron chi connectivity index (χ0n) is 12.4. The van der Waals surface area contributed by atoms with E-state index in [9.17, 15) is 9.50 Å². The van der Waals surface area contributed by atoms with Crippen LogP contribution in [0.15, 0.2) is 24.3 Å². The van der Waals surface area contributed by atoms with Crippen LogP contribution >= 0.6 is 0 Å². The Balaban J connectivity index is 1.80. The second-order valence-corrected chi connectivity index (χ2v) is 6.25. The van der Waals surface area contributed by atoms with Crippen molar-refractivity contribution >= 4 is 0 Å². The van der Waals surface area contributed by atoms with Gasteiger partial charge in [0, 0.05) is 12.6 Å². The summed E-state index contributed by atoms with van der Waals surface area (Å²) in [7, 11) is 0. The van der Waals surface area contributed by atoms with Gasteiger partial charge in [-0.1, -0.05) is 37.8 Å². The molecule has 1 atom stereocenters. The lowest BCUT2D eigenvalue weighted by molar-refractivity contribution is 0.0232. The molecule has 1 unspecified atom stereocenters. The fraction of sp³-hybridized carbons (Fsp3) is 0.647. The van der Waals surface area contributed by atoms with Crippen LogP contribution in [0, 0.1) is 5.82 Å². The van der Waals surface area contributed by atoms with E-state index in [0.29, 0.717) is 6.54 Å². The van der Waals surface area contributed by atoms with Crippen LogP contribution in [0.2, 0.25) is 0 Å². The van der Waals surface area contributed by atoms with E-state index < -0.39 is 5.60 Å². The Morgan fingerprint density at radius 1 is 1.25 bits per heavy atom. The summed E-state index contributed by atoms with van der Waals surface area (Å²) < 4.78 is 13.1. The molecule has 0 aromatic heterocycles. The minimum atomic E-state index is -0.549. The summed E-state index contributed by atoms with van der Waals surface area (Å²) in [5.41, 5.74) is 0.449. The van der Waals surface area contributed by atoms with Crippen LogP contribution in [-0.2, 0) is 6.42 Å². The van der Waals surface area contributed by atoms with Crippen molar-refractivity contribution in [3.8, 4) is 0 Å². The molecule has 1 aromatic rings. The molecular formula is C17H26FNO. The highest BCUT2D eigenvalue weighted by atomic mass is 19.1. The highest BCUT2D eigenvalue weighted by Crippen LogP contribution is 2.26. The molecule has 1 fully saturated rings. The van der Waals surface area contributed by atoms with E-state index in [1.54, 1.807) is 12.1 Å². The summed E-state index contributed by atoms with van der Waals surface area (Å²) in [4.78, 5) is 0. The van der Waals surface area contributed by atoms with Crippen LogP contribution in [-0.4, -0.2) is 23.3 Å². The lowest BCUT2D eigenvalue weighted by Gasteiger charge is -2.29. The Morgan fingerprint density at radius 3 is 2.60 bits per heavy atom. The smallest absolute Gasteiger partial charge is 0.123 e. The molecule has 1 aliphatic carbocycles. The minimum Gasteiger partial charge on any atom is -0.389 e. The van der Waals surface area contributed by atoms with Gasteiger partial charge >= 0.3 is 0 Å². The molecule has 0 heterocycles. The Morgan fingerprint density at radius 2 is 1.95 bits per heavy atom. The second kappa shape index (κ2) is 7.19. The number of halogens is 1. The highest BCUT2D eigenvalue weighted by Gasteiger charge is 2.27. The first-order valence-electron chi connectivity index (χ1n) is 7.78. The summed E-state index contributed by atoms with van der Waals surface area (Å²) in [6.07, 6.45) is 7.29. The average Bonchev–Trinajstić information content (AvgIpc) is 2.62. The van der Waals surface area contributed by atoms with Crippen molar-refractivity contribution in [3.05, 3.63) is 35.6 Å². The molecule has 2 nitrogen and oxygen atoms in total. The lowest BCUT2D eigenvalue weighted by atomic mass is 9.94. The topological polar surface area (TPSA) is 32.3 Å². The molecule has 20 heavy (non-hydrogen) atoms. The third-order valence-corrected chi connectivity index (χ3v) is 4.24. The Hall–Kier alpha value is -0.930. The predicted molar refractivity (Wildman–Crippen MR) is 80.2 cm³/mol. The molecule has 0 bridgehead atoms. The first-order valence-corrected chi connectivity index (χ1v) is 7.78. The maximum absolute atomic E-state index is 13.1. The molecule has 1 aromatic carbocycles. The molecular weight excluding hydrogens is 253 g/mol. The molecule has 1 saturated carbocycles. The number of rotatable bonds is 5. The van der Waals surface area contributed by atoms with Gasteiger partial charge in [0.15, 0.2) is 0 Å². The zero-order chi connectivity index (χ0) is 14.4. The summed E-state index contributed by atoms with van der Waals surface area (Å²) >= 11 is 0. The number of hydrogen-bond acceptors (Lipinski definition) is 2. The number of hydrogen-bond donors (Lipinski definition) is 2. The van der Waals surface area contributed by atoms with Crippen molar-refractivity contribution in [3.63, 3.8) is 0 Å². The van der Waals surface area contributed by atoms with Gasteiger partial charge in [0.1, 0.15) is 5.82 Å². The number of nitrogens with one attached hydrogen (secondary N) is 1. The molecule has 1 aliphatic rings. The van der Waals surface area contributed by atoms with E-state index in [0.717, 1.165) is 37.7 Å². The van der Waals surface area contributed by atoms with E-state index in [-0.39, 0.29) is 11.9 Å². The van der Waals surface area contributed by atoms with Crippen LogP contribution in [0.4, 0.5) is 4.39 Å². The average molecular weight is 279 g/mol. The van der Waals surface area contributed by atoms with Crippen molar-refractivity contribution in [1.29, 1.82) is 0 Å². The first kappa shape index (κ1) is 15.5. The van der Waals surface area contributed by atoms with Gasteiger partial charge < -0.3 is 10.4 Å². The summed E-state index contributed by atoms with van der Waals surface area (Å²) in [6, 6.07) is 6.98. The van der Waals surface area contributed by atoms with Gasteiger partial charge in [-0.2, -0.15) is 0 Å². The molecule has 0 amide bonds. The highest BCUT2D eigenvalue weighted by molar-refractivity contribution is 5.17. The van der Waals surface area contributed by atoms with Crippen LogP contribution < -0.4 is 5.32 Å². The van der Waals surface area contributed by atoms with E-state index in [1.807, 2.05) is 6.07 Å². The Bertz CT molecular complexity index is 413. The molecule has 112 valence electrons. The predicted octanol–water partition coefficient (Wildman–Crippen LogP) is 3.43. The van der Waals surface area contributed by atoms with Crippen LogP contribution in [0.25, 0.3) is 0 Å². The number of aliphatic hydroxyl groups is 1. The summed E-state index contributed by atoms with van der Waals surface area (Å²) in [5.74, 6) is -0.183. The fourth-order valence-corrected chi connectivity index (χ4v) is 3.02. The van der Waals surface area contributed by atoms with Crippen molar-refractivity contribution in [1.82, 2.24) is 5.32 Å². The fourth-order valence-electron chi connectivity index (χ4n) is 3.02. The molecule has 2 N–H and O–H groups in total. The lowest BCUT2D eigenvalue weighted by Crippen LogP contribution is -2.44. The van der Waals surface area contributed by atoms with E-state index >= 15 is 0 Å². The van der Waals surface area contributed by atoms with Crippen molar-refractivity contribution in [2.75, 3.05) is 6.54 Å². The normalized spacial score (nSPS) is 20.4. The Kier molecular flexibility index (Phi) is 5.55. The van der Waals surface area contributed by atoms with Gasteiger partial charge in [0.05, 0.1) is 5.60 Å². The van der Waals surface area contributed by atoms with Gasteiger partial charge in [0.25, 0.3) is 0 Å². The van der Waals surface area contributed by atoms with Gasteiger partial charge in [-0.25, -0.2) is 4.39 Å². The maximum atomic E-state index is 13.1. The monoisotopic (exact) mass is 279 g/mol. The standard InChI is InChI=1S/C17H26FNO/c1-14(11-15-7-6-8-16(18)12-15)19-13-17(20)9-4-2-3-5-10-17/h6-8,12,14,19-20H,2-5,9-11,13H2,1H3. The van der Waals surface area contributed by atoms with Gasteiger partial charge in [-0.05, 0) is 43.9 Å². The zero-order valence-corrected chi connectivity index (χ0v) is 12.4. The molecule has 0 radical (unpaired) electrons. The SMILES string of the molecule is CC(Cc1cccc(F)c1)NCC1(O)CCCCCC1. The van der Waals surface area contributed by atoms with Crippen molar-refractivity contribution in [2.24, 2.45) is 0 Å². The third kappa shape index (κ3) is 4.88. The molecule has 0 aliphatic heterocycles. The number of benzene rings is 1. The molecule has 2 rings (SSSR count). The van der Waals surface area contributed by atoms with E-state index in [4.69, 9.17) is 0 Å². The summed E-state index contributed by atoms with van der Waals surface area (Å²) in [5, 5.41) is 14.0. The molecule has 0 saturated heterocycles. The third-order valence-electron chi connectivity index (χ3n) is 4.24. The van der Waals surface area contributed by atoms with Gasteiger partial charge in [0.2, 0.25) is 0 Å². The van der Waals surface area contributed by atoms with Crippen molar-refractivity contribution < 1.29 is 9.50 Å². The molecule has 3 heteroatoms.